The highest BCUT2D eigenvalue weighted by Crippen LogP contribution is 2.37. The van der Waals surface area contributed by atoms with Gasteiger partial charge in [-0.2, -0.15) is 11.8 Å². The molecule has 0 aromatic carbocycles. The molecule has 0 aliphatic heterocycles. The predicted molar refractivity (Wildman–Crippen MR) is 72.5 cm³/mol. The Balaban J connectivity index is 2.62. The minimum atomic E-state index is -0.970. The number of carbonyl (C=O) groups is 2. The van der Waals surface area contributed by atoms with Crippen LogP contribution < -0.4 is 11.1 Å². The Kier molecular flexibility index (Phi) is 5.95. The van der Waals surface area contributed by atoms with Crippen LogP contribution in [-0.2, 0) is 9.59 Å². The van der Waals surface area contributed by atoms with Gasteiger partial charge in [0.25, 0.3) is 0 Å². The van der Waals surface area contributed by atoms with Crippen LogP contribution >= 0.6 is 11.8 Å². The van der Waals surface area contributed by atoms with E-state index in [-0.39, 0.29) is 5.91 Å². The molecule has 0 aromatic rings. The van der Waals surface area contributed by atoms with Crippen molar-refractivity contribution < 1.29 is 14.7 Å². The summed E-state index contributed by atoms with van der Waals surface area (Å²) in [4.78, 5) is 23.3. The highest BCUT2D eigenvalue weighted by atomic mass is 32.2. The van der Waals surface area contributed by atoms with Crippen LogP contribution in [0.25, 0.3) is 0 Å². The molecular formula is C12H22N2O3S. The fourth-order valence-corrected chi connectivity index (χ4v) is 2.85. The van der Waals surface area contributed by atoms with Gasteiger partial charge in [-0.25, -0.2) is 4.79 Å². The van der Waals surface area contributed by atoms with E-state index < -0.39 is 17.4 Å². The third kappa shape index (κ3) is 3.62. The molecule has 104 valence electrons. The van der Waals surface area contributed by atoms with Gasteiger partial charge in [0.2, 0.25) is 5.91 Å². The molecular weight excluding hydrogens is 252 g/mol. The van der Waals surface area contributed by atoms with Crippen molar-refractivity contribution in [3.05, 3.63) is 0 Å². The zero-order valence-corrected chi connectivity index (χ0v) is 11.6. The molecule has 0 aromatic heterocycles. The minimum Gasteiger partial charge on any atom is -0.480 e. The van der Waals surface area contributed by atoms with E-state index in [9.17, 15) is 9.59 Å². The van der Waals surface area contributed by atoms with E-state index in [1.807, 2.05) is 6.26 Å². The largest absolute Gasteiger partial charge is 0.480 e. The summed E-state index contributed by atoms with van der Waals surface area (Å²) in [5.41, 5.74) is 5.17. The van der Waals surface area contributed by atoms with Gasteiger partial charge < -0.3 is 16.2 Å². The lowest BCUT2D eigenvalue weighted by atomic mass is 9.85. The van der Waals surface area contributed by atoms with E-state index in [0.29, 0.717) is 18.7 Å². The summed E-state index contributed by atoms with van der Waals surface area (Å²) in [5, 5.41) is 11.7. The first-order valence-electron chi connectivity index (χ1n) is 6.28. The van der Waals surface area contributed by atoms with Crippen LogP contribution in [-0.4, -0.2) is 41.6 Å². The standard InChI is InChI=1S/C12H22N2O3S/c1-18-7-4-9(10(15)16)14-11(17)12(8-13)5-2-3-6-12/h9H,2-8,13H2,1H3,(H,14,17)(H,15,16)/t9-/m1/s1. The van der Waals surface area contributed by atoms with E-state index in [0.717, 1.165) is 25.7 Å². The molecule has 0 saturated heterocycles. The number of thioether (sulfide) groups is 1. The topological polar surface area (TPSA) is 92.4 Å². The molecule has 5 nitrogen and oxygen atoms in total. The number of hydrogen-bond donors (Lipinski definition) is 3. The number of carbonyl (C=O) groups excluding carboxylic acids is 1. The van der Waals surface area contributed by atoms with Crippen molar-refractivity contribution in [2.45, 2.75) is 38.1 Å². The molecule has 1 amide bonds. The number of nitrogens with two attached hydrogens (primary N) is 1. The molecule has 0 bridgehead atoms. The number of aliphatic carboxylic acids is 1. The number of rotatable bonds is 7. The van der Waals surface area contributed by atoms with Crippen LogP contribution in [0, 0.1) is 5.41 Å². The molecule has 0 heterocycles. The molecule has 1 fully saturated rings. The third-order valence-corrected chi connectivity index (χ3v) is 4.29. The maximum absolute atomic E-state index is 12.2. The molecule has 1 aliphatic rings. The summed E-state index contributed by atoms with van der Waals surface area (Å²) in [6.07, 6.45) is 5.89. The second-order valence-electron chi connectivity index (χ2n) is 4.84. The molecule has 0 radical (unpaired) electrons. The summed E-state index contributed by atoms with van der Waals surface area (Å²) in [6.45, 7) is 0.299. The van der Waals surface area contributed by atoms with Gasteiger partial charge in [-0.15, -0.1) is 0 Å². The Labute approximate surface area is 112 Å². The van der Waals surface area contributed by atoms with Gasteiger partial charge in [0.1, 0.15) is 6.04 Å². The number of amides is 1. The monoisotopic (exact) mass is 274 g/mol. The van der Waals surface area contributed by atoms with Crippen molar-refractivity contribution in [2.24, 2.45) is 11.1 Å². The van der Waals surface area contributed by atoms with E-state index in [1.165, 1.54) is 0 Å². The third-order valence-electron chi connectivity index (χ3n) is 3.65. The average Bonchev–Trinajstić information content (AvgIpc) is 2.83. The lowest BCUT2D eigenvalue weighted by molar-refractivity contribution is -0.143. The van der Waals surface area contributed by atoms with Gasteiger partial charge in [-0.3, -0.25) is 4.79 Å². The van der Waals surface area contributed by atoms with Gasteiger partial charge in [0, 0.05) is 6.54 Å². The van der Waals surface area contributed by atoms with Crippen LogP contribution in [0.4, 0.5) is 0 Å². The summed E-state index contributed by atoms with van der Waals surface area (Å²) >= 11 is 1.57. The molecule has 18 heavy (non-hydrogen) atoms. The molecule has 1 rings (SSSR count). The molecule has 6 heteroatoms. The summed E-state index contributed by atoms with van der Waals surface area (Å²) in [7, 11) is 0. The fourth-order valence-electron chi connectivity index (χ4n) is 2.38. The van der Waals surface area contributed by atoms with Gasteiger partial charge in [-0.1, -0.05) is 12.8 Å². The number of hydrogen-bond acceptors (Lipinski definition) is 4. The second-order valence-corrected chi connectivity index (χ2v) is 5.82. The molecule has 0 unspecified atom stereocenters. The zero-order chi connectivity index (χ0) is 13.6. The minimum absolute atomic E-state index is 0.184. The van der Waals surface area contributed by atoms with Gasteiger partial charge >= 0.3 is 5.97 Å². The normalized spacial score (nSPS) is 19.4. The number of carboxylic acids is 1. The molecule has 1 atom stereocenters. The Morgan fingerprint density at radius 3 is 2.50 bits per heavy atom. The van der Waals surface area contributed by atoms with Crippen LogP contribution in [0.2, 0.25) is 0 Å². The first-order valence-corrected chi connectivity index (χ1v) is 7.68. The Bertz CT molecular complexity index is 304. The van der Waals surface area contributed by atoms with Crippen molar-refractivity contribution in [1.29, 1.82) is 0 Å². The summed E-state index contributed by atoms with van der Waals surface area (Å²) < 4.78 is 0. The molecule has 0 spiro atoms. The van der Waals surface area contributed by atoms with Crippen molar-refractivity contribution in [3.63, 3.8) is 0 Å². The summed E-state index contributed by atoms with van der Waals surface area (Å²) in [5.74, 6) is -0.439. The Morgan fingerprint density at radius 2 is 2.06 bits per heavy atom. The van der Waals surface area contributed by atoms with Crippen molar-refractivity contribution >= 4 is 23.6 Å². The summed E-state index contributed by atoms with van der Waals surface area (Å²) in [6, 6.07) is -0.797. The average molecular weight is 274 g/mol. The highest BCUT2D eigenvalue weighted by Gasteiger charge is 2.41. The molecule has 1 saturated carbocycles. The lowest BCUT2D eigenvalue weighted by Crippen LogP contribution is -2.50. The maximum Gasteiger partial charge on any atom is 0.326 e. The van der Waals surface area contributed by atoms with Gasteiger partial charge in [0.05, 0.1) is 5.41 Å². The highest BCUT2D eigenvalue weighted by molar-refractivity contribution is 7.98. The maximum atomic E-state index is 12.2. The molecule has 1 aliphatic carbocycles. The SMILES string of the molecule is CSCC[C@@H](NC(=O)C1(CN)CCCC1)C(=O)O. The van der Waals surface area contributed by atoms with E-state index in [1.54, 1.807) is 11.8 Å². The number of carboxylic acid groups (broad SMARTS) is 1. The first-order chi connectivity index (χ1) is 8.55. The number of nitrogens with one attached hydrogen (secondary N) is 1. The van der Waals surface area contributed by atoms with E-state index in [4.69, 9.17) is 10.8 Å². The quantitative estimate of drug-likeness (QED) is 0.639. The fraction of sp³-hybridized carbons (Fsp3) is 0.833. The van der Waals surface area contributed by atoms with Crippen LogP contribution in [0.15, 0.2) is 0 Å². The van der Waals surface area contributed by atoms with Crippen LogP contribution in [0.1, 0.15) is 32.1 Å². The van der Waals surface area contributed by atoms with Crippen molar-refractivity contribution in [2.75, 3.05) is 18.6 Å². The van der Waals surface area contributed by atoms with Gasteiger partial charge in [-0.05, 0) is 31.3 Å². The van der Waals surface area contributed by atoms with Crippen LogP contribution in [0.5, 0.6) is 0 Å². The first kappa shape index (κ1) is 15.3. The van der Waals surface area contributed by atoms with Gasteiger partial charge in [0.15, 0.2) is 0 Å². The van der Waals surface area contributed by atoms with Crippen molar-refractivity contribution in [3.8, 4) is 0 Å². The van der Waals surface area contributed by atoms with E-state index in [2.05, 4.69) is 5.32 Å². The van der Waals surface area contributed by atoms with E-state index >= 15 is 0 Å². The predicted octanol–water partition coefficient (Wildman–Crippen LogP) is 0.828. The second kappa shape index (κ2) is 6.99. The smallest absolute Gasteiger partial charge is 0.326 e. The molecule has 4 N–H and O–H groups in total. The van der Waals surface area contributed by atoms with Crippen LogP contribution in [0.3, 0.4) is 0 Å². The van der Waals surface area contributed by atoms with Crippen molar-refractivity contribution in [1.82, 2.24) is 5.32 Å². The Morgan fingerprint density at radius 1 is 1.44 bits per heavy atom. The lowest BCUT2D eigenvalue weighted by Gasteiger charge is -2.27. The zero-order valence-electron chi connectivity index (χ0n) is 10.8. The Hall–Kier alpha value is -0.750.